The van der Waals surface area contributed by atoms with Crippen LogP contribution in [0, 0.1) is 11.8 Å². The lowest BCUT2D eigenvalue weighted by Gasteiger charge is -2.27. The first-order valence-corrected chi connectivity index (χ1v) is 11.7. The van der Waals surface area contributed by atoms with Crippen LogP contribution in [0.5, 0.6) is 5.75 Å². The summed E-state index contributed by atoms with van der Waals surface area (Å²) in [6.45, 7) is 3.00. The number of ether oxygens (including phenoxy) is 1. The van der Waals surface area contributed by atoms with Crippen molar-refractivity contribution in [3.63, 3.8) is 0 Å². The monoisotopic (exact) mass is 444 g/mol. The van der Waals surface area contributed by atoms with E-state index in [0.29, 0.717) is 6.04 Å². The molecule has 1 atom stereocenters. The molecule has 1 aliphatic carbocycles. The molecule has 0 bridgehead atoms. The van der Waals surface area contributed by atoms with Crippen LogP contribution < -0.4 is 4.74 Å². The van der Waals surface area contributed by atoms with Crippen molar-refractivity contribution in [1.29, 1.82) is 0 Å². The van der Waals surface area contributed by atoms with Crippen molar-refractivity contribution in [2.75, 3.05) is 13.7 Å². The van der Waals surface area contributed by atoms with Crippen molar-refractivity contribution in [1.82, 2.24) is 9.88 Å². The van der Waals surface area contributed by atoms with E-state index in [0.717, 1.165) is 52.2 Å². The zero-order valence-electron chi connectivity index (χ0n) is 18.7. The molecule has 164 valence electrons. The quantitative estimate of drug-likeness (QED) is 0.373. The van der Waals surface area contributed by atoms with E-state index in [1.54, 1.807) is 0 Å². The van der Waals surface area contributed by atoms with E-state index in [1.165, 1.54) is 19.3 Å². The van der Waals surface area contributed by atoms with E-state index in [2.05, 4.69) is 35.7 Å². The Kier molecular flexibility index (Phi) is 7.47. The Morgan fingerprint density at radius 1 is 1.00 bits per heavy atom. The number of rotatable bonds is 8. The van der Waals surface area contributed by atoms with Crippen LogP contribution in [-0.2, 0) is 0 Å². The molecule has 0 spiro atoms. The minimum absolute atomic E-state index is 0.603. The van der Waals surface area contributed by atoms with E-state index in [1.807, 2.05) is 66.9 Å². The van der Waals surface area contributed by atoms with E-state index in [9.17, 15) is 0 Å². The first-order valence-electron chi connectivity index (χ1n) is 11.3. The molecule has 1 aliphatic rings. The van der Waals surface area contributed by atoms with Crippen molar-refractivity contribution in [2.45, 2.75) is 44.7 Å². The second kappa shape index (κ2) is 10.7. The maximum Gasteiger partial charge on any atom is 0.119 e. The van der Waals surface area contributed by atoms with E-state index < -0.39 is 0 Å². The Morgan fingerprint density at radius 2 is 1.72 bits per heavy atom. The van der Waals surface area contributed by atoms with Crippen molar-refractivity contribution in [3.05, 3.63) is 83.1 Å². The lowest BCUT2D eigenvalue weighted by Crippen LogP contribution is -2.34. The predicted octanol–water partition coefficient (Wildman–Crippen LogP) is 6.44. The third-order valence-corrected chi connectivity index (χ3v) is 6.27. The Morgan fingerprint density at radius 3 is 2.34 bits per heavy atom. The van der Waals surface area contributed by atoms with Gasteiger partial charge in [0.15, 0.2) is 0 Å². The molecule has 2 aromatic carbocycles. The number of hydrogen-bond donors (Lipinski definition) is 0. The lowest BCUT2D eigenvalue weighted by atomic mass is 10.1. The second-order valence-corrected chi connectivity index (χ2v) is 8.75. The van der Waals surface area contributed by atoms with Gasteiger partial charge in [-0.05, 0) is 86.7 Å². The maximum atomic E-state index is 5.97. The molecular weight excluding hydrogens is 416 g/mol. The number of halogens is 1. The van der Waals surface area contributed by atoms with Crippen LogP contribution in [0.4, 0.5) is 0 Å². The van der Waals surface area contributed by atoms with Crippen molar-refractivity contribution in [3.8, 4) is 28.7 Å². The Hall–Kier alpha value is -2.80. The molecule has 0 N–H and O–H groups in total. The fraction of sp³-hybridized carbons (Fsp3) is 0.321. The Bertz CT molecular complexity index is 1060. The van der Waals surface area contributed by atoms with Crippen LogP contribution in [0.25, 0.3) is 11.1 Å². The number of benzene rings is 2. The molecule has 0 aliphatic heterocycles. The van der Waals surface area contributed by atoms with Gasteiger partial charge in [0.05, 0.1) is 6.61 Å². The number of hydrogen-bond acceptors (Lipinski definition) is 3. The lowest BCUT2D eigenvalue weighted by molar-refractivity contribution is 0.182. The third kappa shape index (κ3) is 6.13. The van der Waals surface area contributed by atoms with Gasteiger partial charge in [-0.1, -0.05) is 42.6 Å². The van der Waals surface area contributed by atoms with Crippen molar-refractivity contribution < 1.29 is 4.74 Å². The van der Waals surface area contributed by atoms with Gasteiger partial charge in [0, 0.05) is 34.4 Å². The summed E-state index contributed by atoms with van der Waals surface area (Å²) in [6.07, 6.45) is 6.76. The molecule has 3 aromatic rings. The van der Waals surface area contributed by atoms with E-state index >= 15 is 0 Å². The molecule has 0 amide bonds. The summed E-state index contributed by atoms with van der Waals surface area (Å²) in [4.78, 5) is 7.00. The molecule has 0 saturated heterocycles. The number of nitrogens with zero attached hydrogens (tertiary/aromatic N) is 2. The van der Waals surface area contributed by atoms with Crippen LogP contribution in [-0.4, -0.2) is 35.6 Å². The van der Waals surface area contributed by atoms with Gasteiger partial charge in [-0.3, -0.25) is 0 Å². The van der Waals surface area contributed by atoms with Gasteiger partial charge in [0.2, 0.25) is 0 Å². The van der Waals surface area contributed by atoms with Gasteiger partial charge in [0.1, 0.15) is 11.4 Å². The SMILES string of the molecule is CCC(CCOc1ccc(C#Cc2ccc(-c3ccc(Cl)cc3)cn2)cc1)N(C)C1CC1. The highest BCUT2D eigenvalue weighted by Gasteiger charge is 2.30. The Labute approximate surface area is 196 Å². The molecule has 0 radical (unpaired) electrons. The summed E-state index contributed by atoms with van der Waals surface area (Å²) in [5, 5.41) is 0.729. The highest BCUT2D eigenvalue weighted by molar-refractivity contribution is 6.30. The average molecular weight is 445 g/mol. The van der Waals surface area contributed by atoms with Gasteiger partial charge in [-0.25, -0.2) is 4.98 Å². The first kappa shape index (κ1) is 22.4. The fourth-order valence-electron chi connectivity index (χ4n) is 3.84. The molecule has 1 heterocycles. The van der Waals surface area contributed by atoms with Crippen LogP contribution in [0.2, 0.25) is 5.02 Å². The summed E-state index contributed by atoms with van der Waals surface area (Å²) >= 11 is 5.96. The van der Waals surface area contributed by atoms with E-state index in [4.69, 9.17) is 16.3 Å². The van der Waals surface area contributed by atoms with Gasteiger partial charge in [-0.15, -0.1) is 0 Å². The minimum atomic E-state index is 0.603. The van der Waals surface area contributed by atoms with Crippen molar-refractivity contribution in [2.24, 2.45) is 0 Å². The topological polar surface area (TPSA) is 25.4 Å². The molecule has 1 saturated carbocycles. The van der Waals surface area contributed by atoms with Gasteiger partial charge >= 0.3 is 0 Å². The first-order chi connectivity index (χ1) is 15.6. The van der Waals surface area contributed by atoms with E-state index in [-0.39, 0.29) is 0 Å². The molecule has 3 nitrogen and oxygen atoms in total. The average Bonchev–Trinajstić information content (AvgIpc) is 3.67. The summed E-state index contributed by atoms with van der Waals surface area (Å²) in [5.41, 5.74) is 3.82. The standard InChI is InChI=1S/C28H29ClN2O/c1-3-26(31(2)27-14-15-27)18-19-32-28-16-5-21(6-17-28)4-12-25-13-9-23(20-30-25)22-7-10-24(29)11-8-22/h5-11,13,16-17,20,26-27H,3,14-15,18-19H2,1-2H3. The molecular formula is C28H29ClN2O. The predicted molar refractivity (Wildman–Crippen MR) is 132 cm³/mol. The highest BCUT2D eigenvalue weighted by Crippen LogP contribution is 2.28. The molecule has 4 heteroatoms. The molecule has 32 heavy (non-hydrogen) atoms. The van der Waals surface area contributed by atoms with Crippen LogP contribution >= 0.6 is 11.6 Å². The highest BCUT2D eigenvalue weighted by atomic mass is 35.5. The maximum absolute atomic E-state index is 5.97. The number of pyridine rings is 1. The van der Waals surface area contributed by atoms with Crippen molar-refractivity contribution >= 4 is 11.6 Å². The smallest absolute Gasteiger partial charge is 0.119 e. The zero-order valence-corrected chi connectivity index (χ0v) is 19.5. The molecule has 1 aromatic heterocycles. The number of aromatic nitrogens is 1. The third-order valence-electron chi connectivity index (χ3n) is 6.02. The summed E-state index contributed by atoms with van der Waals surface area (Å²) < 4.78 is 5.97. The molecule has 1 fully saturated rings. The van der Waals surface area contributed by atoms with Crippen LogP contribution in [0.1, 0.15) is 43.9 Å². The molecule has 4 rings (SSSR count). The summed E-state index contributed by atoms with van der Waals surface area (Å²) in [6, 6.07) is 21.1. The summed E-state index contributed by atoms with van der Waals surface area (Å²) in [5.74, 6) is 7.21. The molecule has 1 unspecified atom stereocenters. The minimum Gasteiger partial charge on any atom is -0.494 e. The van der Waals surface area contributed by atoms with Crippen LogP contribution in [0.15, 0.2) is 66.9 Å². The summed E-state index contributed by atoms with van der Waals surface area (Å²) in [7, 11) is 2.25. The zero-order chi connectivity index (χ0) is 22.3. The second-order valence-electron chi connectivity index (χ2n) is 8.31. The largest absolute Gasteiger partial charge is 0.494 e. The Balaban J connectivity index is 1.29. The van der Waals surface area contributed by atoms with Crippen LogP contribution in [0.3, 0.4) is 0 Å². The fourth-order valence-corrected chi connectivity index (χ4v) is 3.97. The normalized spacial score (nSPS) is 14.0. The van der Waals surface area contributed by atoms with Gasteiger partial charge in [-0.2, -0.15) is 0 Å². The van der Waals surface area contributed by atoms with Gasteiger partial charge in [0.25, 0.3) is 0 Å². The van der Waals surface area contributed by atoms with Gasteiger partial charge < -0.3 is 9.64 Å².